The van der Waals surface area contributed by atoms with Crippen molar-refractivity contribution in [2.45, 2.75) is 6.54 Å². The van der Waals surface area contributed by atoms with Crippen LogP contribution in [0.5, 0.6) is 11.5 Å². The fourth-order valence-corrected chi connectivity index (χ4v) is 1.87. The number of rotatable bonds is 2. The summed E-state index contributed by atoms with van der Waals surface area (Å²) < 4.78 is 13.1. The molecule has 2 aromatic rings. The molecule has 16 heavy (non-hydrogen) atoms. The second-order valence-corrected chi connectivity index (χ2v) is 3.84. The highest BCUT2D eigenvalue weighted by atomic mass is 16.6. The lowest BCUT2D eigenvalue weighted by Gasteiger charge is -2.13. The molecule has 0 fully saturated rings. The number of fused-ring (bicyclic) bond motifs is 1. The highest BCUT2D eigenvalue weighted by molar-refractivity contribution is 5.39. The Morgan fingerprint density at radius 3 is 2.19 bits per heavy atom. The average Bonchev–Trinajstić information content (AvgIpc) is 2.72. The number of hydrogen-bond donors (Lipinski definition) is 0. The zero-order chi connectivity index (χ0) is 10.8. The first-order chi connectivity index (χ1) is 7.92. The minimum absolute atomic E-state index is 0.641. The normalized spacial score (nSPS) is 13.8. The molecule has 1 aliphatic heterocycles. The van der Waals surface area contributed by atoms with E-state index in [1.54, 1.807) is 0 Å². The third kappa shape index (κ3) is 1.76. The first-order valence-electron chi connectivity index (χ1n) is 5.41. The Hall–Kier alpha value is -1.90. The fraction of sp³-hybridized carbons (Fsp3) is 0.231. The van der Waals surface area contributed by atoms with Crippen molar-refractivity contribution in [1.82, 2.24) is 4.57 Å². The van der Waals surface area contributed by atoms with E-state index in [9.17, 15) is 0 Å². The largest absolute Gasteiger partial charge is 0.485 e. The first kappa shape index (κ1) is 9.33. The molecule has 1 aromatic carbocycles. The summed E-state index contributed by atoms with van der Waals surface area (Å²) in [6.45, 7) is 2.13. The van der Waals surface area contributed by atoms with E-state index in [1.807, 2.05) is 30.6 Å². The molecule has 82 valence electrons. The lowest BCUT2D eigenvalue weighted by Crippen LogP contribution is -2.13. The molecule has 0 radical (unpaired) electrons. The van der Waals surface area contributed by atoms with Gasteiger partial charge in [-0.1, -0.05) is 30.3 Å². The Balaban J connectivity index is 1.83. The fourth-order valence-electron chi connectivity index (χ4n) is 1.87. The van der Waals surface area contributed by atoms with Crippen LogP contribution in [0.4, 0.5) is 0 Å². The smallest absolute Gasteiger partial charge is 0.179 e. The highest BCUT2D eigenvalue weighted by Gasteiger charge is 2.13. The summed E-state index contributed by atoms with van der Waals surface area (Å²) in [5.41, 5.74) is 1.27. The summed E-state index contributed by atoms with van der Waals surface area (Å²) in [5, 5.41) is 0. The van der Waals surface area contributed by atoms with Gasteiger partial charge in [0.2, 0.25) is 0 Å². The second kappa shape index (κ2) is 3.93. The van der Waals surface area contributed by atoms with Gasteiger partial charge in [-0.05, 0) is 5.56 Å². The first-order valence-corrected chi connectivity index (χ1v) is 5.41. The molecule has 1 aliphatic rings. The number of ether oxygens (including phenoxy) is 2. The highest BCUT2D eigenvalue weighted by Crippen LogP contribution is 2.31. The third-order valence-electron chi connectivity index (χ3n) is 2.62. The van der Waals surface area contributed by atoms with Gasteiger partial charge in [0.05, 0.1) is 12.4 Å². The van der Waals surface area contributed by atoms with Gasteiger partial charge in [0, 0.05) is 6.54 Å². The van der Waals surface area contributed by atoms with E-state index in [-0.39, 0.29) is 0 Å². The number of hydrogen-bond acceptors (Lipinski definition) is 2. The van der Waals surface area contributed by atoms with Crippen LogP contribution >= 0.6 is 0 Å². The maximum atomic E-state index is 5.50. The topological polar surface area (TPSA) is 23.4 Å². The molecule has 1 aromatic heterocycles. The van der Waals surface area contributed by atoms with Crippen LogP contribution in [0.3, 0.4) is 0 Å². The van der Waals surface area contributed by atoms with Crippen molar-refractivity contribution in [1.29, 1.82) is 0 Å². The van der Waals surface area contributed by atoms with Crippen molar-refractivity contribution in [3.63, 3.8) is 0 Å². The van der Waals surface area contributed by atoms with Gasteiger partial charge in [-0.3, -0.25) is 0 Å². The molecule has 0 unspecified atom stereocenters. The summed E-state index contributed by atoms with van der Waals surface area (Å²) in [6, 6.07) is 10.3. The standard InChI is InChI=1S/C13H13NO2/c1-2-4-11(5-3-1)8-14-9-12-13(10-14)16-7-6-15-12/h1-5,9-10H,6-8H2. The molecule has 0 bridgehead atoms. The van der Waals surface area contributed by atoms with Crippen molar-refractivity contribution >= 4 is 0 Å². The molecule has 3 heteroatoms. The van der Waals surface area contributed by atoms with Gasteiger partial charge in [0.25, 0.3) is 0 Å². The summed E-state index contributed by atoms with van der Waals surface area (Å²) >= 11 is 0. The molecule has 3 rings (SSSR count). The van der Waals surface area contributed by atoms with Gasteiger partial charge < -0.3 is 14.0 Å². The molecule has 0 atom stereocenters. The molecular weight excluding hydrogens is 202 g/mol. The molecule has 0 amide bonds. The third-order valence-corrected chi connectivity index (χ3v) is 2.62. The summed E-state index contributed by atoms with van der Waals surface area (Å²) in [7, 11) is 0. The maximum absolute atomic E-state index is 5.50. The van der Waals surface area contributed by atoms with Gasteiger partial charge in [0.15, 0.2) is 11.5 Å². The van der Waals surface area contributed by atoms with E-state index < -0.39 is 0 Å². The minimum atomic E-state index is 0.641. The molecule has 0 N–H and O–H groups in total. The quantitative estimate of drug-likeness (QED) is 0.767. The molecule has 2 heterocycles. The van der Waals surface area contributed by atoms with Crippen LogP contribution < -0.4 is 9.47 Å². The Kier molecular flexibility index (Phi) is 2.29. The summed E-state index contributed by atoms with van der Waals surface area (Å²) in [4.78, 5) is 0. The number of nitrogens with zero attached hydrogens (tertiary/aromatic N) is 1. The van der Waals surface area contributed by atoms with Gasteiger partial charge in [-0.15, -0.1) is 0 Å². The molecule has 0 spiro atoms. The second-order valence-electron chi connectivity index (χ2n) is 3.84. The molecular formula is C13H13NO2. The minimum Gasteiger partial charge on any atom is -0.485 e. The molecule has 3 nitrogen and oxygen atoms in total. The van der Waals surface area contributed by atoms with Gasteiger partial charge in [-0.25, -0.2) is 0 Å². The Labute approximate surface area is 94.2 Å². The predicted molar refractivity (Wildman–Crippen MR) is 61.0 cm³/mol. The van der Waals surface area contributed by atoms with Crippen LogP contribution in [-0.4, -0.2) is 17.8 Å². The van der Waals surface area contributed by atoms with E-state index in [1.165, 1.54) is 5.56 Å². The lowest BCUT2D eigenvalue weighted by molar-refractivity contribution is 0.173. The van der Waals surface area contributed by atoms with Gasteiger partial charge in [0.1, 0.15) is 13.2 Å². The molecule has 0 saturated heterocycles. The predicted octanol–water partition coefficient (Wildman–Crippen LogP) is 2.31. The molecule has 0 saturated carbocycles. The van der Waals surface area contributed by atoms with Crippen LogP contribution in [0, 0.1) is 0 Å². The average molecular weight is 215 g/mol. The van der Waals surface area contributed by atoms with Crippen molar-refractivity contribution in [2.24, 2.45) is 0 Å². The van der Waals surface area contributed by atoms with Crippen molar-refractivity contribution < 1.29 is 9.47 Å². The van der Waals surface area contributed by atoms with Crippen LogP contribution in [-0.2, 0) is 6.54 Å². The SMILES string of the molecule is c1ccc(Cn2cc3c(c2)OCCO3)cc1. The Morgan fingerprint density at radius 2 is 1.56 bits per heavy atom. The zero-order valence-electron chi connectivity index (χ0n) is 8.93. The van der Waals surface area contributed by atoms with E-state index in [4.69, 9.17) is 9.47 Å². The summed E-state index contributed by atoms with van der Waals surface area (Å²) in [5.74, 6) is 1.70. The van der Waals surface area contributed by atoms with Gasteiger partial charge in [-0.2, -0.15) is 0 Å². The van der Waals surface area contributed by atoms with Crippen molar-refractivity contribution in [3.8, 4) is 11.5 Å². The monoisotopic (exact) mass is 215 g/mol. The van der Waals surface area contributed by atoms with Crippen LogP contribution in [0.1, 0.15) is 5.56 Å². The Morgan fingerprint density at radius 1 is 0.938 bits per heavy atom. The zero-order valence-corrected chi connectivity index (χ0v) is 8.93. The number of benzene rings is 1. The maximum Gasteiger partial charge on any atom is 0.179 e. The van der Waals surface area contributed by atoms with E-state index >= 15 is 0 Å². The summed E-state index contributed by atoms with van der Waals surface area (Å²) in [6.07, 6.45) is 3.98. The lowest BCUT2D eigenvalue weighted by atomic mass is 10.2. The Bertz CT molecular complexity index is 452. The van der Waals surface area contributed by atoms with Crippen LogP contribution in [0.25, 0.3) is 0 Å². The molecule has 0 aliphatic carbocycles. The van der Waals surface area contributed by atoms with E-state index in [0.29, 0.717) is 13.2 Å². The number of aromatic nitrogens is 1. The van der Waals surface area contributed by atoms with Crippen molar-refractivity contribution in [3.05, 3.63) is 48.3 Å². The van der Waals surface area contributed by atoms with E-state index in [0.717, 1.165) is 18.0 Å². The van der Waals surface area contributed by atoms with E-state index in [2.05, 4.69) is 16.7 Å². The van der Waals surface area contributed by atoms with Crippen LogP contribution in [0.2, 0.25) is 0 Å². The van der Waals surface area contributed by atoms with Crippen molar-refractivity contribution in [2.75, 3.05) is 13.2 Å². The van der Waals surface area contributed by atoms with Crippen LogP contribution in [0.15, 0.2) is 42.7 Å². The van der Waals surface area contributed by atoms with Gasteiger partial charge >= 0.3 is 0 Å².